The summed E-state index contributed by atoms with van der Waals surface area (Å²) < 4.78 is 16.2. The molecule has 0 unspecified atom stereocenters. The summed E-state index contributed by atoms with van der Waals surface area (Å²) >= 11 is 6.29. The number of carbonyl (C=O) groups excluding carboxylic acids is 1. The number of fused-ring (bicyclic) bond motifs is 1. The lowest BCUT2D eigenvalue weighted by molar-refractivity contribution is 0.0963. The van der Waals surface area contributed by atoms with Crippen molar-refractivity contribution in [2.24, 2.45) is 4.99 Å². The molecule has 8 nitrogen and oxygen atoms in total. The van der Waals surface area contributed by atoms with E-state index in [1.807, 2.05) is 19.1 Å². The zero-order chi connectivity index (χ0) is 19.9. The van der Waals surface area contributed by atoms with Crippen molar-refractivity contribution >= 4 is 47.6 Å². The van der Waals surface area contributed by atoms with Gasteiger partial charge in [0.05, 0.1) is 11.6 Å². The minimum atomic E-state index is -0.237. The molecule has 1 amide bonds. The van der Waals surface area contributed by atoms with Gasteiger partial charge in [0, 0.05) is 32.7 Å². The van der Waals surface area contributed by atoms with Crippen LogP contribution in [0.25, 0.3) is 0 Å². The lowest BCUT2D eigenvalue weighted by Gasteiger charge is -2.32. The van der Waals surface area contributed by atoms with Gasteiger partial charge in [-0.05, 0) is 37.5 Å². The van der Waals surface area contributed by atoms with E-state index in [1.165, 1.54) is 0 Å². The van der Waals surface area contributed by atoms with Gasteiger partial charge in [-0.15, -0.1) is 24.0 Å². The summed E-state index contributed by atoms with van der Waals surface area (Å²) in [5.41, 5.74) is 0.981. The second kappa shape index (κ2) is 11.5. The van der Waals surface area contributed by atoms with Crippen LogP contribution in [0.1, 0.15) is 25.3 Å². The second-order valence-electron chi connectivity index (χ2n) is 6.63. The third-order valence-electron chi connectivity index (χ3n) is 4.70. The van der Waals surface area contributed by atoms with Crippen molar-refractivity contribution in [2.75, 3.05) is 40.0 Å². The van der Waals surface area contributed by atoms with Gasteiger partial charge in [-0.2, -0.15) is 0 Å². The van der Waals surface area contributed by atoms with E-state index in [-0.39, 0.29) is 36.1 Å². The van der Waals surface area contributed by atoms with Crippen molar-refractivity contribution in [3.63, 3.8) is 0 Å². The van der Waals surface area contributed by atoms with Gasteiger partial charge in [0.25, 0.3) is 0 Å². The van der Waals surface area contributed by atoms with Gasteiger partial charge in [0.1, 0.15) is 13.2 Å². The third-order valence-corrected chi connectivity index (χ3v) is 4.98. The van der Waals surface area contributed by atoms with Crippen molar-refractivity contribution in [2.45, 2.75) is 32.4 Å². The zero-order valence-electron chi connectivity index (χ0n) is 16.7. The number of likely N-dealkylation sites (tertiary alicyclic amines) is 1. The molecule has 0 atom stereocenters. The third kappa shape index (κ3) is 6.43. The van der Waals surface area contributed by atoms with Crippen molar-refractivity contribution in [1.29, 1.82) is 0 Å². The van der Waals surface area contributed by atoms with Crippen LogP contribution in [0, 0.1) is 0 Å². The standard InChI is InChI=1S/C19H27ClN4O4.HI/c1-3-26-19(25)24-6-4-14(5-7-24)23-18(21-2)22-12-13-10-15(20)17-16(11-13)27-8-9-28-17;/h10-11,14H,3-9,12H2,1-2H3,(H2,21,22,23);1H. The number of nitrogens with one attached hydrogen (secondary N) is 2. The van der Waals surface area contributed by atoms with Crippen LogP contribution in [0.5, 0.6) is 11.5 Å². The highest BCUT2D eigenvalue weighted by molar-refractivity contribution is 14.0. The first-order valence-corrected chi connectivity index (χ1v) is 9.95. The predicted molar refractivity (Wildman–Crippen MR) is 123 cm³/mol. The van der Waals surface area contributed by atoms with E-state index in [2.05, 4.69) is 15.6 Å². The Morgan fingerprint density at radius 3 is 2.72 bits per heavy atom. The molecule has 2 aliphatic heterocycles. The Kier molecular flexibility index (Phi) is 9.41. The van der Waals surface area contributed by atoms with Crippen molar-refractivity contribution < 1.29 is 19.0 Å². The van der Waals surface area contributed by atoms with Crippen LogP contribution in [-0.4, -0.2) is 63.0 Å². The minimum Gasteiger partial charge on any atom is -0.486 e. The molecule has 10 heteroatoms. The van der Waals surface area contributed by atoms with Crippen molar-refractivity contribution in [1.82, 2.24) is 15.5 Å². The van der Waals surface area contributed by atoms with Gasteiger partial charge < -0.3 is 29.7 Å². The topological polar surface area (TPSA) is 84.4 Å². The van der Waals surface area contributed by atoms with E-state index in [0.29, 0.717) is 61.9 Å². The average Bonchev–Trinajstić information content (AvgIpc) is 2.72. The van der Waals surface area contributed by atoms with E-state index < -0.39 is 0 Å². The molecule has 1 aromatic carbocycles. The van der Waals surface area contributed by atoms with Crippen LogP contribution in [0.4, 0.5) is 4.79 Å². The van der Waals surface area contributed by atoms with Gasteiger partial charge in [-0.3, -0.25) is 4.99 Å². The Hall–Kier alpha value is -1.62. The van der Waals surface area contributed by atoms with Crippen LogP contribution in [0.2, 0.25) is 5.02 Å². The van der Waals surface area contributed by atoms with Crippen LogP contribution in [0.15, 0.2) is 17.1 Å². The molecule has 2 N–H and O–H groups in total. The molecule has 2 heterocycles. The molecule has 1 aromatic rings. The number of halogens is 2. The minimum absolute atomic E-state index is 0. The van der Waals surface area contributed by atoms with Crippen LogP contribution >= 0.6 is 35.6 Å². The molecule has 0 bridgehead atoms. The monoisotopic (exact) mass is 538 g/mol. The molecular weight excluding hydrogens is 511 g/mol. The number of carbonyl (C=O) groups is 1. The number of hydrogen-bond donors (Lipinski definition) is 2. The number of guanidine groups is 1. The fourth-order valence-electron chi connectivity index (χ4n) is 3.26. The number of nitrogens with zero attached hydrogens (tertiary/aromatic N) is 2. The first-order chi connectivity index (χ1) is 13.6. The summed E-state index contributed by atoms with van der Waals surface area (Å²) in [7, 11) is 1.74. The number of benzene rings is 1. The molecule has 0 radical (unpaired) electrons. The maximum atomic E-state index is 11.8. The van der Waals surface area contributed by atoms with E-state index in [1.54, 1.807) is 11.9 Å². The highest BCUT2D eigenvalue weighted by Crippen LogP contribution is 2.38. The van der Waals surface area contributed by atoms with E-state index >= 15 is 0 Å². The summed E-state index contributed by atoms with van der Waals surface area (Å²) in [5, 5.41) is 7.26. The number of aliphatic imine (C=N–C) groups is 1. The van der Waals surface area contributed by atoms with Gasteiger partial charge in [0.2, 0.25) is 0 Å². The molecule has 2 aliphatic rings. The van der Waals surface area contributed by atoms with Crippen molar-refractivity contribution in [3.05, 3.63) is 22.7 Å². The molecule has 29 heavy (non-hydrogen) atoms. The normalized spacial score (nSPS) is 16.7. The fourth-order valence-corrected chi connectivity index (χ4v) is 3.55. The van der Waals surface area contributed by atoms with Gasteiger partial charge >= 0.3 is 6.09 Å². The van der Waals surface area contributed by atoms with Crippen LogP contribution < -0.4 is 20.1 Å². The maximum Gasteiger partial charge on any atom is 0.409 e. The molecule has 0 spiro atoms. The highest BCUT2D eigenvalue weighted by Gasteiger charge is 2.24. The quantitative estimate of drug-likeness (QED) is 0.348. The number of hydrogen-bond acceptors (Lipinski definition) is 5. The Labute approximate surface area is 193 Å². The molecular formula is C19H28ClIN4O4. The Morgan fingerprint density at radius 1 is 1.31 bits per heavy atom. The maximum absolute atomic E-state index is 11.8. The number of rotatable bonds is 4. The second-order valence-corrected chi connectivity index (χ2v) is 7.04. The predicted octanol–water partition coefficient (Wildman–Crippen LogP) is 3.02. The fraction of sp³-hybridized carbons (Fsp3) is 0.579. The van der Waals surface area contributed by atoms with Crippen LogP contribution in [-0.2, 0) is 11.3 Å². The summed E-state index contributed by atoms with van der Waals surface area (Å²) in [4.78, 5) is 17.8. The first kappa shape index (κ1) is 23.7. The summed E-state index contributed by atoms with van der Waals surface area (Å²) in [6.45, 7) is 5.15. The Morgan fingerprint density at radius 2 is 2.03 bits per heavy atom. The van der Waals surface area contributed by atoms with E-state index in [9.17, 15) is 4.79 Å². The average molecular weight is 539 g/mol. The van der Waals surface area contributed by atoms with Gasteiger partial charge in [-0.25, -0.2) is 4.79 Å². The highest BCUT2D eigenvalue weighted by atomic mass is 127. The molecule has 162 valence electrons. The molecule has 1 saturated heterocycles. The number of ether oxygens (including phenoxy) is 3. The lowest BCUT2D eigenvalue weighted by atomic mass is 10.1. The molecule has 3 rings (SSSR count). The van der Waals surface area contributed by atoms with E-state index in [0.717, 1.165) is 18.4 Å². The number of amides is 1. The molecule has 1 fully saturated rings. The first-order valence-electron chi connectivity index (χ1n) is 9.57. The number of piperidine rings is 1. The van der Waals surface area contributed by atoms with Crippen molar-refractivity contribution in [3.8, 4) is 11.5 Å². The molecule has 0 saturated carbocycles. The SMILES string of the molecule is CCOC(=O)N1CCC(NC(=NC)NCc2cc(Cl)c3c(c2)OCCO3)CC1.I. The molecule has 0 aromatic heterocycles. The van der Waals surface area contributed by atoms with Crippen LogP contribution in [0.3, 0.4) is 0 Å². The lowest BCUT2D eigenvalue weighted by Crippen LogP contribution is -2.49. The summed E-state index contributed by atoms with van der Waals surface area (Å²) in [6, 6.07) is 4.05. The summed E-state index contributed by atoms with van der Waals surface area (Å²) in [5.74, 6) is 1.98. The van der Waals surface area contributed by atoms with E-state index in [4.69, 9.17) is 25.8 Å². The smallest absolute Gasteiger partial charge is 0.409 e. The Balaban J connectivity index is 0.00000300. The largest absolute Gasteiger partial charge is 0.486 e. The van der Waals surface area contributed by atoms with Gasteiger partial charge in [0.15, 0.2) is 17.5 Å². The summed E-state index contributed by atoms with van der Waals surface area (Å²) in [6.07, 6.45) is 1.45. The molecule has 0 aliphatic carbocycles. The zero-order valence-corrected chi connectivity index (χ0v) is 19.8. The Bertz CT molecular complexity index is 726. The van der Waals surface area contributed by atoms with Gasteiger partial charge in [-0.1, -0.05) is 11.6 Å².